The van der Waals surface area contributed by atoms with Crippen LogP contribution >= 0.6 is 23.1 Å². The number of ether oxygens (including phenoxy) is 1. The molecule has 1 saturated carbocycles. The van der Waals surface area contributed by atoms with E-state index in [0.29, 0.717) is 16.8 Å². The number of nitrogens with one attached hydrogen (secondary N) is 2. The van der Waals surface area contributed by atoms with Crippen LogP contribution in [0.4, 0.5) is 10.8 Å². The van der Waals surface area contributed by atoms with E-state index in [9.17, 15) is 4.79 Å². The first kappa shape index (κ1) is 17.0. The molecule has 0 bridgehead atoms. The Morgan fingerprint density at radius 2 is 2.12 bits per heavy atom. The van der Waals surface area contributed by atoms with Crippen molar-refractivity contribution in [1.29, 1.82) is 0 Å². The van der Waals surface area contributed by atoms with Crippen molar-refractivity contribution in [3.05, 3.63) is 24.3 Å². The van der Waals surface area contributed by atoms with E-state index in [1.54, 1.807) is 7.11 Å². The third-order valence-electron chi connectivity index (χ3n) is 3.79. The van der Waals surface area contributed by atoms with Gasteiger partial charge in [0.25, 0.3) is 0 Å². The molecule has 1 aromatic carbocycles. The molecular weight excluding hydrogens is 344 g/mol. The lowest BCUT2D eigenvalue weighted by Gasteiger charge is -2.11. The minimum absolute atomic E-state index is 0.0549. The molecule has 128 valence electrons. The molecule has 1 heterocycles. The standard InChI is InChI=1S/C16H20N4O2S2/c1-10(11-3-4-11)17-14(21)9-23-16-20-19-15(24-16)18-12-5-7-13(22-2)8-6-12/h5-8,10-11H,3-4,9H2,1-2H3,(H,17,21)(H,18,19)/t10-/m1/s1. The molecule has 0 aliphatic heterocycles. The van der Waals surface area contributed by atoms with Gasteiger partial charge in [0.15, 0.2) is 4.34 Å². The normalized spacial score (nSPS) is 14.9. The van der Waals surface area contributed by atoms with Crippen molar-refractivity contribution >= 4 is 39.8 Å². The summed E-state index contributed by atoms with van der Waals surface area (Å²) in [7, 11) is 1.64. The van der Waals surface area contributed by atoms with Crippen LogP contribution < -0.4 is 15.4 Å². The minimum atomic E-state index is 0.0549. The second kappa shape index (κ2) is 7.85. The average molecular weight is 364 g/mol. The van der Waals surface area contributed by atoms with E-state index in [1.165, 1.54) is 35.9 Å². The lowest BCUT2D eigenvalue weighted by atomic mass is 10.2. The monoisotopic (exact) mass is 364 g/mol. The highest BCUT2D eigenvalue weighted by Gasteiger charge is 2.28. The highest BCUT2D eigenvalue weighted by Crippen LogP contribution is 2.32. The van der Waals surface area contributed by atoms with Crippen molar-refractivity contribution in [2.24, 2.45) is 5.92 Å². The molecule has 3 rings (SSSR count). The fourth-order valence-electron chi connectivity index (χ4n) is 2.25. The predicted molar refractivity (Wildman–Crippen MR) is 97.2 cm³/mol. The summed E-state index contributed by atoms with van der Waals surface area (Å²) in [4.78, 5) is 11.9. The van der Waals surface area contributed by atoms with E-state index >= 15 is 0 Å². The molecule has 6 nitrogen and oxygen atoms in total. The maximum Gasteiger partial charge on any atom is 0.230 e. The van der Waals surface area contributed by atoms with Crippen LogP contribution in [0.2, 0.25) is 0 Å². The fraction of sp³-hybridized carbons (Fsp3) is 0.438. The molecule has 1 amide bonds. The highest BCUT2D eigenvalue weighted by atomic mass is 32.2. The maximum atomic E-state index is 11.9. The summed E-state index contributed by atoms with van der Waals surface area (Å²) in [5.74, 6) is 1.90. The molecule has 1 aromatic heterocycles. The van der Waals surface area contributed by atoms with Crippen LogP contribution in [0.15, 0.2) is 28.6 Å². The summed E-state index contributed by atoms with van der Waals surface area (Å²) >= 11 is 2.85. The van der Waals surface area contributed by atoms with Gasteiger partial charge in [0.1, 0.15) is 5.75 Å². The highest BCUT2D eigenvalue weighted by molar-refractivity contribution is 8.01. The van der Waals surface area contributed by atoms with Gasteiger partial charge in [-0.15, -0.1) is 10.2 Å². The Labute approximate surface area is 149 Å². The number of aromatic nitrogens is 2. The van der Waals surface area contributed by atoms with Crippen molar-refractivity contribution in [3.8, 4) is 5.75 Å². The first-order chi connectivity index (χ1) is 11.6. The first-order valence-electron chi connectivity index (χ1n) is 7.81. The van der Waals surface area contributed by atoms with Crippen LogP contribution in [0.25, 0.3) is 0 Å². The number of hydrogen-bond acceptors (Lipinski definition) is 7. The maximum absolute atomic E-state index is 11.9. The Kier molecular flexibility index (Phi) is 5.57. The van der Waals surface area contributed by atoms with E-state index in [-0.39, 0.29) is 11.9 Å². The minimum Gasteiger partial charge on any atom is -0.497 e. The van der Waals surface area contributed by atoms with Gasteiger partial charge in [0.2, 0.25) is 11.0 Å². The van der Waals surface area contributed by atoms with Gasteiger partial charge in [-0.25, -0.2) is 0 Å². The van der Waals surface area contributed by atoms with Crippen molar-refractivity contribution < 1.29 is 9.53 Å². The Hall–Kier alpha value is -1.80. The SMILES string of the molecule is COc1ccc(Nc2nnc(SCC(=O)N[C@H](C)C3CC3)s2)cc1. The van der Waals surface area contributed by atoms with Crippen molar-refractivity contribution in [3.63, 3.8) is 0 Å². The molecule has 8 heteroatoms. The summed E-state index contributed by atoms with van der Waals surface area (Å²) in [5.41, 5.74) is 0.916. The molecule has 1 fully saturated rings. The number of hydrogen-bond donors (Lipinski definition) is 2. The zero-order chi connectivity index (χ0) is 16.9. The summed E-state index contributed by atoms with van der Waals surface area (Å²) < 4.78 is 5.91. The summed E-state index contributed by atoms with van der Waals surface area (Å²) in [6.45, 7) is 2.07. The van der Waals surface area contributed by atoms with E-state index in [2.05, 4.69) is 27.8 Å². The molecule has 1 atom stereocenters. The number of carbonyl (C=O) groups excluding carboxylic acids is 1. The summed E-state index contributed by atoms with van der Waals surface area (Å²) in [6, 6.07) is 7.87. The molecule has 24 heavy (non-hydrogen) atoms. The van der Waals surface area contributed by atoms with Gasteiger partial charge in [-0.2, -0.15) is 0 Å². The quantitative estimate of drug-likeness (QED) is 0.700. The zero-order valence-electron chi connectivity index (χ0n) is 13.6. The second-order valence-corrected chi connectivity index (χ2v) is 7.91. The molecular formula is C16H20N4O2S2. The smallest absolute Gasteiger partial charge is 0.230 e. The first-order valence-corrected chi connectivity index (χ1v) is 9.61. The van der Waals surface area contributed by atoms with Gasteiger partial charge in [0, 0.05) is 11.7 Å². The topological polar surface area (TPSA) is 76.1 Å². The molecule has 2 N–H and O–H groups in total. The van der Waals surface area contributed by atoms with E-state index in [1.807, 2.05) is 24.3 Å². The van der Waals surface area contributed by atoms with Crippen LogP contribution in [-0.2, 0) is 4.79 Å². The molecule has 1 aliphatic carbocycles. The van der Waals surface area contributed by atoms with Crippen molar-refractivity contribution in [2.45, 2.75) is 30.1 Å². The Morgan fingerprint density at radius 1 is 1.38 bits per heavy atom. The number of benzene rings is 1. The fourth-order valence-corrected chi connectivity index (χ4v) is 3.84. The van der Waals surface area contributed by atoms with Gasteiger partial charge in [-0.3, -0.25) is 4.79 Å². The Balaban J connectivity index is 1.46. The van der Waals surface area contributed by atoms with Crippen LogP contribution in [0.3, 0.4) is 0 Å². The number of nitrogens with zero attached hydrogens (tertiary/aromatic N) is 2. The number of methoxy groups -OCH3 is 1. The van der Waals surface area contributed by atoms with E-state index in [4.69, 9.17) is 4.74 Å². The van der Waals surface area contributed by atoms with Gasteiger partial charge < -0.3 is 15.4 Å². The van der Waals surface area contributed by atoms with Crippen LogP contribution in [-0.4, -0.2) is 35.0 Å². The van der Waals surface area contributed by atoms with Gasteiger partial charge in [-0.1, -0.05) is 23.1 Å². The van der Waals surface area contributed by atoms with E-state index < -0.39 is 0 Å². The third-order valence-corrected chi connectivity index (χ3v) is 5.76. The molecule has 0 unspecified atom stereocenters. The summed E-state index contributed by atoms with van der Waals surface area (Å²) in [5, 5.41) is 15.1. The largest absolute Gasteiger partial charge is 0.497 e. The second-order valence-electron chi connectivity index (χ2n) is 5.71. The lowest BCUT2D eigenvalue weighted by Crippen LogP contribution is -2.35. The molecule has 0 radical (unpaired) electrons. The van der Waals surface area contributed by atoms with Gasteiger partial charge >= 0.3 is 0 Å². The van der Waals surface area contributed by atoms with Gasteiger partial charge in [0.05, 0.1) is 12.9 Å². The van der Waals surface area contributed by atoms with Crippen LogP contribution in [0, 0.1) is 5.92 Å². The Morgan fingerprint density at radius 3 is 2.79 bits per heavy atom. The van der Waals surface area contributed by atoms with Crippen molar-refractivity contribution in [2.75, 3.05) is 18.2 Å². The van der Waals surface area contributed by atoms with E-state index in [0.717, 1.165) is 15.8 Å². The summed E-state index contributed by atoms with van der Waals surface area (Å²) in [6.07, 6.45) is 2.46. The molecule has 0 spiro atoms. The van der Waals surface area contributed by atoms with Crippen molar-refractivity contribution in [1.82, 2.24) is 15.5 Å². The molecule has 2 aromatic rings. The Bertz CT molecular complexity index is 686. The van der Waals surface area contributed by atoms with Crippen LogP contribution in [0.1, 0.15) is 19.8 Å². The number of carbonyl (C=O) groups is 1. The van der Waals surface area contributed by atoms with Gasteiger partial charge in [-0.05, 0) is 49.9 Å². The average Bonchev–Trinajstić information content (AvgIpc) is 3.35. The number of amides is 1. The molecule has 1 aliphatic rings. The zero-order valence-corrected chi connectivity index (χ0v) is 15.2. The number of rotatable bonds is 8. The third kappa shape index (κ3) is 4.85. The molecule has 0 saturated heterocycles. The lowest BCUT2D eigenvalue weighted by molar-refractivity contribution is -0.119. The number of anilines is 2. The van der Waals surface area contributed by atoms with Crippen LogP contribution in [0.5, 0.6) is 5.75 Å². The predicted octanol–water partition coefficient (Wildman–Crippen LogP) is 3.30. The number of thioether (sulfide) groups is 1.